The van der Waals surface area contributed by atoms with Crippen molar-refractivity contribution in [1.29, 1.82) is 0 Å². The number of aryl methyl sites for hydroxylation is 1. The molecule has 1 atom stereocenters. The van der Waals surface area contributed by atoms with Gasteiger partial charge >= 0.3 is 0 Å². The summed E-state index contributed by atoms with van der Waals surface area (Å²) in [5.41, 5.74) is 8.61. The first kappa shape index (κ1) is 18.6. The Morgan fingerprint density at radius 1 is 1.23 bits per heavy atom. The lowest BCUT2D eigenvalue weighted by atomic mass is 10.0. The molecule has 3 rings (SSSR count). The average Bonchev–Trinajstić information content (AvgIpc) is 2.65. The van der Waals surface area contributed by atoms with Gasteiger partial charge < -0.3 is 10.6 Å². The largest absolute Gasteiger partial charge is 0.323 e. The summed E-state index contributed by atoms with van der Waals surface area (Å²) in [6.45, 7) is 2.20. The zero-order chi connectivity index (χ0) is 18.7. The van der Waals surface area contributed by atoms with Crippen molar-refractivity contribution in [1.82, 2.24) is 4.72 Å². The molecule has 138 valence electrons. The first-order valence-electron chi connectivity index (χ1n) is 8.60. The SMILES string of the molecule is CC(=O)N1CCCc2ccc(S(=O)(=O)NCC(N)c3ccccc3)cc21. The molecule has 0 bridgehead atoms. The highest BCUT2D eigenvalue weighted by atomic mass is 32.2. The van der Waals surface area contributed by atoms with Gasteiger partial charge in [-0.1, -0.05) is 36.4 Å². The summed E-state index contributed by atoms with van der Waals surface area (Å²) in [4.78, 5) is 13.6. The van der Waals surface area contributed by atoms with Crippen molar-refractivity contribution in [3.05, 3.63) is 59.7 Å². The number of carbonyl (C=O) groups excluding carboxylic acids is 1. The van der Waals surface area contributed by atoms with E-state index >= 15 is 0 Å². The Labute approximate surface area is 154 Å². The number of hydrogen-bond acceptors (Lipinski definition) is 4. The van der Waals surface area contributed by atoms with E-state index in [1.165, 1.54) is 6.92 Å². The summed E-state index contributed by atoms with van der Waals surface area (Å²) >= 11 is 0. The van der Waals surface area contributed by atoms with Gasteiger partial charge in [-0.3, -0.25) is 4.79 Å². The highest BCUT2D eigenvalue weighted by Crippen LogP contribution is 2.29. The van der Waals surface area contributed by atoms with Crippen molar-refractivity contribution in [2.75, 3.05) is 18.0 Å². The number of rotatable bonds is 5. The van der Waals surface area contributed by atoms with Crippen molar-refractivity contribution >= 4 is 21.6 Å². The number of nitrogens with one attached hydrogen (secondary N) is 1. The van der Waals surface area contributed by atoms with Crippen LogP contribution in [0.4, 0.5) is 5.69 Å². The Balaban J connectivity index is 1.79. The summed E-state index contributed by atoms with van der Waals surface area (Å²) < 4.78 is 27.9. The van der Waals surface area contributed by atoms with Crippen LogP contribution in [-0.4, -0.2) is 27.4 Å². The summed E-state index contributed by atoms with van der Waals surface area (Å²) in [5.74, 6) is -0.0837. The number of benzene rings is 2. The molecule has 0 aromatic heterocycles. The molecule has 2 aromatic carbocycles. The number of sulfonamides is 1. The van der Waals surface area contributed by atoms with Gasteiger partial charge in [-0.15, -0.1) is 0 Å². The topological polar surface area (TPSA) is 92.5 Å². The van der Waals surface area contributed by atoms with Crippen LogP contribution in [0.2, 0.25) is 0 Å². The van der Waals surface area contributed by atoms with Gasteiger partial charge in [0.1, 0.15) is 0 Å². The molecular formula is C19H23N3O3S. The first-order chi connectivity index (χ1) is 12.4. The number of fused-ring (bicyclic) bond motifs is 1. The fraction of sp³-hybridized carbons (Fsp3) is 0.316. The van der Waals surface area contributed by atoms with Gasteiger partial charge in [0.15, 0.2) is 0 Å². The Morgan fingerprint density at radius 2 is 1.96 bits per heavy atom. The molecule has 0 spiro atoms. The Kier molecular flexibility index (Phi) is 5.41. The lowest BCUT2D eigenvalue weighted by molar-refractivity contribution is -0.116. The monoisotopic (exact) mass is 373 g/mol. The van der Waals surface area contributed by atoms with Crippen LogP contribution in [0.25, 0.3) is 0 Å². The Hall–Kier alpha value is -2.22. The van der Waals surface area contributed by atoms with Gasteiger partial charge in [0.2, 0.25) is 15.9 Å². The van der Waals surface area contributed by atoms with E-state index in [1.54, 1.807) is 23.1 Å². The quantitative estimate of drug-likeness (QED) is 0.838. The maximum absolute atomic E-state index is 12.7. The molecule has 0 saturated carbocycles. The van der Waals surface area contributed by atoms with E-state index in [0.717, 1.165) is 24.0 Å². The number of nitrogens with zero attached hydrogens (tertiary/aromatic N) is 1. The van der Waals surface area contributed by atoms with Gasteiger partial charge in [-0.2, -0.15) is 0 Å². The van der Waals surface area contributed by atoms with Crippen molar-refractivity contribution in [3.8, 4) is 0 Å². The van der Waals surface area contributed by atoms with Gasteiger partial charge in [0.05, 0.1) is 4.90 Å². The van der Waals surface area contributed by atoms with Crippen LogP contribution in [0.3, 0.4) is 0 Å². The maximum Gasteiger partial charge on any atom is 0.240 e. The molecular weight excluding hydrogens is 350 g/mol. The highest BCUT2D eigenvalue weighted by molar-refractivity contribution is 7.89. The first-order valence-corrected chi connectivity index (χ1v) is 10.1. The fourth-order valence-corrected chi connectivity index (χ4v) is 4.23. The summed E-state index contributed by atoms with van der Waals surface area (Å²) in [5, 5.41) is 0. The Morgan fingerprint density at radius 3 is 2.65 bits per heavy atom. The average molecular weight is 373 g/mol. The second-order valence-electron chi connectivity index (χ2n) is 6.43. The van der Waals surface area contributed by atoms with E-state index in [9.17, 15) is 13.2 Å². The van der Waals surface area contributed by atoms with Crippen LogP contribution in [0.15, 0.2) is 53.4 Å². The lowest BCUT2D eigenvalue weighted by Gasteiger charge is -2.29. The van der Waals surface area contributed by atoms with Crippen LogP contribution in [-0.2, 0) is 21.2 Å². The van der Waals surface area contributed by atoms with E-state index in [4.69, 9.17) is 5.73 Å². The number of amides is 1. The minimum atomic E-state index is -3.71. The third-order valence-corrected chi connectivity index (χ3v) is 6.01. The van der Waals surface area contributed by atoms with E-state index < -0.39 is 16.1 Å². The smallest absolute Gasteiger partial charge is 0.240 e. The van der Waals surface area contributed by atoms with Gasteiger partial charge in [0, 0.05) is 31.7 Å². The van der Waals surface area contributed by atoms with E-state index in [1.807, 2.05) is 30.3 Å². The van der Waals surface area contributed by atoms with Crippen LogP contribution in [0, 0.1) is 0 Å². The van der Waals surface area contributed by atoms with Gasteiger partial charge in [0.25, 0.3) is 0 Å². The third-order valence-electron chi connectivity index (χ3n) is 4.59. The molecule has 1 heterocycles. The number of nitrogens with two attached hydrogens (primary N) is 1. The molecule has 1 aliphatic rings. The second kappa shape index (κ2) is 7.57. The van der Waals surface area contributed by atoms with Crippen LogP contribution in [0.5, 0.6) is 0 Å². The lowest BCUT2D eigenvalue weighted by Crippen LogP contribution is -2.34. The molecule has 26 heavy (non-hydrogen) atoms. The molecule has 1 aliphatic heterocycles. The third kappa shape index (κ3) is 3.95. The predicted molar refractivity (Wildman–Crippen MR) is 101 cm³/mol. The van der Waals surface area contributed by atoms with Crippen LogP contribution < -0.4 is 15.4 Å². The molecule has 6 nitrogen and oxygen atoms in total. The molecule has 0 aliphatic carbocycles. The molecule has 0 radical (unpaired) electrons. The van der Waals surface area contributed by atoms with Crippen molar-refractivity contribution in [2.24, 2.45) is 5.73 Å². The van der Waals surface area contributed by atoms with Crippen molar-refractivity contribution in [3.63, 3.8) is 0 Å². The van der Waals surface area contributed by atoms with Crippen LogP contribution in [0.1, 0.15) is 30.5 Å². The molecule has 0 saturated heterocycles. The minimum absolute atomic E-state index is 0.0837. The number of hydrogen-bond donors (Lipinski definition) is 2. The predicted octanol–water partition coefficient (Wildman–Crippen LogP) is 1.96. The molecule has 7 heteroatoms. The van der Waals surface area contributed by atoms with Crippen molar-refractivity contribution in [2.45, 2.75) is 30.7 Å². The van der Waals surface area contributed by atoms with Crippen LogP contribution >= 0.6 is 0 Å². The molecule has 0 fully saturated rings. The zero-order valence-corrected chi connectivity index (χ0v) is 15.5. The highest BCUT2D eigenvalue weighted by Gasteiger charge is 2.23. The van der Waals surface area contributed by atoms with E-state index in [0.29, 0.717) is 12.2 Å². The van der Waals surface area contributed by atoms with E-state index in [-0.39, 0.29) is 17.3 Å². The van der Waals surface area contributed by atoms with Gasteiger partial charge in [-0.05, 0) is 36.1 Å². The number of carbonyl (C=O) groups is 1. The minimum Gasteiger partial charge on any atom is -0.323 e. The molecule has 1 unspecified atom stereocenters. The summed E-state index contributed by atoms with van der Waals surface area (Å²) in [7, 11) is -3.71. The molecule has 2 aromatic rings. The van der Waals surface area contributed by atoms with Gasteiger partial charge in [-0.25, -0.2) is 13.1 Å². The molecule has 1 amide bonds. The summed E-state index contributed by atoms with van der Waals surface area (Å²) in [6, 6.07) is 13.9. The van der Waals surface area contributed by atoms with E-state index in [2.05, 4.69) is 4.72 Å². The zero-order valence-electron chi connectivity index (χ0n) is 14.7. The number of anilines is 1. The van der Waals surface area contributed by atoms with Crippen molar-refractivity contribution < 1.29 is 13.2 Å². The standard InChI is InChI=1S/C19H23N3O3S/c1-14(23)22-11-5-8-16-9-10-17(12-19(16)22)26(24,25)21-13-18(20)15-6-3-2-4-7-15/h2-4,6-7,9-10,12,18,21H,5,8,11,13,20H2,1H3. The maximum atomic E-state index is 12.7. The summed E-state index contributed by atoms with van der Waals surface area (Å²) in [6.07, 6.45) is 1.72. The normalized spacial score (nSPS) is 15.4. The second-order valence-corrected chi connectivity index (χ2v) is 8.20. The Bertz CT molecular complexity index is 898. The fourth-order valence-electron chi connectivity index (χ4n) is 3.15. The molecule has 3 N–H and O–H groups in total.